The Hall–Kier alpha value is -3.58. The predicted octanol–water partition coefficient (Wildman–Crippen LogP) is 4.03. The molecule has 2 aromatic carbocycles. The van der Waals surface area contributed by atoms with E-state index in [4.69, 9.17) is 4.74 Å². The second-order valence-corrected chi connectivity index (χ2v) is 7.59. The number of halogens is 1. The van der Waals surface area contributed by atoms with E-state index in [0.717, 1.165) is 40.8 Å². The van der Waals surface area contributed by atoms with Crippen LogP contribution in [0.1, 0.15) is 16.1 Å². The van der Waals surface area contributed by atoms with E-state index in [1.165, 1.54) is 12.1 Å². The average molecular weight is 416 g/mol. The Morgan fingerprint density at radius 1 is 1.06 bits per heavy atom. The predicted molar refractivity (Wildman–Crippen MR) is 117 cm³/mol. The highest BCUT2D eigenvalue weighted by Crippen LogP contribution is 2.29. The number of benzene rings is 2. The van der Waals surface area contributed by atoms with Gasteiger partial charge < -0.3 is 9.64 Å². The first kappa shape index (κ1) is 19.4. The molecule has 1 aliphatic heterocycles. The van der Waals surface area contributed by atoms with Crippen molar-refractivity contribution in [2.75, 3.05) is 31.2 Å². The number of hydrogen-bond donors (Lipinski definition) is 1. The van der Waals surface area contributed by atoms with Crippen LogP contribution in [-0.4, -0.2) is 47.3 Å². The fraction of sp³-hybridized carbons (Fsp3) is 0.208. The van der Waals surface area contributed by atoms with E-state index in [9.17, 15) is 9.18 Å². The topological polar surface area (TPSA) is 71.1 Å². The molecule has 1 N–H and O–H groups in total. The average Bonchev–Trinajstić information content (AvgIpc) is 3.28. The molecule has 31 heavy (non-hydrogen) atoms. The Morgan fingerprint density at radius 3 is 2.68 bits per heavy atom. The number of rotatable bonds is 5. The number of fused-ring (bicyclic) bond motifs is 1. The van der Waals surface area contributed by atoms with Gasteiger partial charge in [-0.05, 0) is 41.5 Å². The summed E-state index contributed by atoms with van der Waals surface area (Å²) < 4.78 is 18.9. The van der Waals surface area contributed by atoms with Gasteiger partial charge >= 0.3 is 0 Å². The first-order valence-corrected chi connectivity index (χ1v) is 10.2. The van der Waals surface area contributed by atoms with Crippen LogP contribution >= 0.6 is 0 Å². The summed E-state index contributed by atoms with van der Waals surface area (Å²) in [6.45, 7) is 2.84. The lowest BCUT2D eigenvalue weighted by molar-refractivity contribution is 0.0989. The summed E-state index contributed by atoms with van der Waals surface area (Å²) in [5.74, 6) is -0.405. The number of ketones is 1. The Labute approximate surface area is 178 Å². The number of carbonyl (C=O) groups excluding carboxylic acids is 1. The maximum atomic E-state index is 13.5. The molecule has 0 spiro atoms. The van der Waals surface area contributed by atoms with Crippen LogP contribution in [0, 0.1) is 5.82 Å². The van der Waals surface area contributed by atoms with Crippen LogP contribution in [-0.2, 0) is 11.2 Å². The third-order valence-corrected chi connectivity index (χ3v) is 5.54. The van der Waals surface area contributed by atoms with Crippen molar-refractivity contribution in [2.24, 2.45) is 0 Å². The Morgan fingerprint density at radius 2 is 1.87 bits per heavy atom. The molecule has 1 fully saturated rings. The summed E-state index contributed by atoms with van der Waals surface area (Å²) in [6.07, 6.45) is 3.70. The van der Waals surface area contributed by atoms with Crippen LogP contribution in [0.25, 0.3) is 22.0 Å². The molecule has 7 heteroatoms. The van der Waals surface area contributed by atoms with Crippen molar-refractivity contribution < 1.29 is 13.9 Å². The maximum absolute atomic E-state index is 13.5. The molecule has 2 aromatic heterocycles. The number of aromatic amines is 1. The second kappa shape index (κ2) is 8.28. The van der Waals surface area contributed by atoms with Crippen molar-refractivity contribution in [1.29, 1.82) is 0 Å². The molecule has 0 aliphatic carbocycles. The summed E-state index contributed by atoms with van der Waals surface area (Å²) in [6, 6.07) is 13.9. The van der Waals surface area contributed by atoms with E-state index in [1.807, 2.05) is 24.3 Å². The molecule has 1 aliphatic rings. The van der Waals surface area contributed by atoms with Gasteiger partial charge in [0.25, 0.3) is 0 Å². The van der Waals surface area contributed by atoms with Gasteiger partial charge in [0.15, 0.2) is 5.78 Å². The lowest BCUT2D eigenvalue weighted by Gasteiger charge is -2.29. The highest BCUT2D eigenvalue weighted by molar-refractivity contribution is 6.02. The molecule has 5 rings (SSSR count). The summed E-state index contributed by atoms with van der Waals surface area (Å²) >= 11 is 0. The van der Waals surface area contributed by atoms with E-state index in [1.54, 1.807) is 24.5 Å². The summed E-state index contributed by atoms with van der Waals surface area (Å²) in [5, 5.41) is 7.90. The van der Waals surface area contributed by atoms with Crippen LogP contribution < -0.4 is 4.90 Å². The molecular weight excluding hydrogens is 395 g/mol. The normalized spacial score (nSPS) is 14.2. The first-order valence-electron chi connectivity index (χ1n) is 10.2. The van der Waals surface area contributed by atoms with Crippen LogP contribution in [0.15, 0.2) is 60.9 Å². The molecule has 4 aromatic rings. The third kappa shape index (κ3) is 4.04. The largest absolute Gasteiger partial charge is 0.378 e. The number of morpholine rings is 1. The second-order valence-electron chi connectivity index (χ2n) is 7.59. The van der Waals surface area contributed by atoms with Crippen LogP contribution in [0.4, 0.5) is 10.1 Å². The standard InChI is InChI=1S/C24H21FN4O2/c25-19-4-2-17(3-5-19)21-13-20(29-7-9-31-10-8-29)15-26-24(21)23(30)12-16-1-6-22-18(11-16)14-27-28-22/h1-6,11,13-15H,7-10,12H2,(H,27,28). The van der Waals surface area contributed by atoms with Crippen LogP contribution in [0.5, 0.6) is 0 Å². The SMILES string of the molecule is O=C(Cc1ccc2[nH]ncc2c1)c1ncc(N2CCOCC2)cc1-c1ccc(F)cc1. The molecule has 0 bridgehead atoms. The molecule has 0 radical (unpaired) electrons. The summed E-state index contributed by atoms with van der Waals surface area (Å²) in [4.78, 5) is 20.0. The lowest BCUT2D eigenvalue weighted by Crippen LogP contribution is -2.36. The van der Waals surface area contributed by atoms with Crippen LogP contribution in [0.3, 0.4) is 0 Å². The molecule has 0 saturated carbocycles. The zero-order valence-electron chi connectivity index (χ0n) is 16.8. The number of nitrogens with zero attached hydrogens (tertiary/aromatic N) is 3. The lowest BCUT2D eigenvalue weighted by atomic mass is 9.97. The minimum Gasteiger partial charge on any atom is -0.378 e. The van der Waals surface area contributed by atoms with Crippen molar-refractivity contribution in [1.82, 2.24) is 15.2 Å². The summed E-state index contributed by atoms with van der Waals surface area (Å²) in [5.41, 5.74) is 4.60. The smallest absolute Gasteiger partial charge is 0.186 e. The van der Waals surface area contributed by atoms with Crippen molar-refractivity contribution in [3.05, 3.63) is 78.0 Å². The highest BCUT2D eigenvalue weighted by Gasteiger charge is 2.19. The van der Waals surface area contributed by atoms with Crippen molar-refractivity contribution >= 4 is 22.4 Å². The van der Waals surface area contributed by atoms with Gasteiger partial charge in [0.1, 0.15) is 11.5 Å². The number of nitrogens with one attached hydrogen (secondary N) is 1. The minimum atomic E-state index is -0.317. The number of ether oxygens (including phenoxy) is 1. The van der Waals surface area contributed by atoms with Gasteiger partial charge in [-0.2, -0.15) is 5.10 Å². The molecule has 156 valence electrons. The van der Waals surface area contributed by atoms with Gasteiger partial charge in [-0.3, -0.25) is 14.9 Å². The van der Waals surface area contributed by atoms with Gasteiger partial charge in [0.05, 0.1) is 36.8 Å². The van der Waals surface area contributed by atoms with E-state index < -0.39 is 0 Å². The number of pyridine rings is 1. The zero-order valence-corrected chi connectivity index (χ0v) is 16.8. The number of H-pyrrole nitrogens is 1. The molecule has 0 amide bonds. The monoisotopic (exact) mass is 416 g/mol. The minimum absolute atomic E-state index is 0.0873. The first-order chi connectivity index (χ1) is 15.2. The molecule has 6 nitrogen and oxygen atoms in total. The fourth-order valence-corrected chi connectivity index (χ4v) is 3.89. The number of Topliss-reactive ketones (excluding diaryl/α,β-unsaturated/α-hetero) is 1. The van der Waals surface area contributed by atoms with Crippen LogP contribution in [0.2, 0.25) is 0 Å². The van der Waals surface area contributed by atoms with E-state index in [-0.39, 0.29) is 18.0 Å². The molecular formula is C24H21FN4O2. The quantitative estimate of drug-likeness (QED) is 0.498. The molecule has 1 saturated heterocycles. The van der Waals surface area contributed by atoms with E-state index in [2.05, 4.69) is 20.1 Å². The van der Waals surface area contributed by atoms with E-state index in [0.29, 0.717) is 24.5 Å². The Balaban J connectivity index is 1.50. The van der Waals surface area contributed by atoms with Gasteiger partial charge in [-0.15, -0.1) is 0 Å². The van der Waals surface area contributed by atoms with Crippen molar-refractivity contribution in [3.63, 3.8) is 0 Å². The Bertz CT molecular complexity index is 1230. The molecule has 3 heterocycles. The Kier molecular flexibility index (Phi) is 5.18. The van der Waals surface area contributed by atoms with E-state index >= 15 is 0 Å². The zero-order chi connectivity index (χ0) is 21.2. The van der Waals surface area contributed by atoms with Crippen molar-refractivity contribution in [2.45, 2.75) is 6.42 Å². The summed E-state index contributed by atoms with van der Waals surface area (Å²) in [7, 11) is 0. The number of aromatic nitrogens is 3. The van der Waals surface area contributed by atoms with Gasteiger partial charge in [0, 0.05) is 30.5 Å². The van der Waals surface area contributed by atoms with Gasteiger partial charge in [0.2, 0.25) is 0 Å². The molecule has 0 atom stereocenters. The number of carbonyl (C=O) groups is 1. The van der Waals surface area contributed by atoms with Crippen molar-refractivity contribution in [3.8, 4) is 11.1 Å². The number of anilines is 1. The van der Waals surface area contributed by atoms with Gasteiger partial charge in [-0.25, -0.2) is 4.39 Å². The molecule has 0 unspecified atom stereocenters. The highest BCUT2D eigenvalue weighted by atomic mass is 19.1. The number of hydrogen-bond acceptors (Lipinski definition) is 5. The third-order valence-electron chi connectivity index (χ3n) is 5.54. The van der Waals surface area contributed by atoms with Gasteiger partial charge in [-0.1, -0.05) is 18.2 Å². The maximum Gasteiger partial charge on any atom is 0.186 e. The fourth-order valence-electron chi connectivity index (χ4n) is 3.89.